The average molecular weight is 608 g/mol. The van der Waals surface area contributed by atoms with Gasteiger partial charge >= 0.3 is 0 Å². The van der Waals surface area contributed by atoms with Gasteiger partial charge in [0.2, 0.25) is 5.91 Å². The molecule has 0 aliphatic heterocycles. The fourth-order valence-corrected chi connectivity index (χ4v) is 5.12. The van der Waals surface area contributed by atoms with Gasteiger partial charge in [-0.05, 0) is 77.0 Å². The molecule has 0 bridgehead atoms. The highest BCUT2D eigenvalue weighted by molar-refractivity contribution is 5.80. The van der Waals surface area contributed by atoms with Crippen molar-refractivity contribution in [2.24, 2.45) is 0 Å². The van der Waals surface area contributed by atoms with Crippen molar-refractivity contribution >= 4 is 5.91 Å². The molecule has 0 aromatic heterocycles. The van der Waals surface area contributed by atoms with Gasteiger partial charge < -0.3 is 25.7 Å². The number of unbranched alkanes of at least 4 members (excludes halogenated alkanes) is 16. The van der Waals surface area contributed by atoms with Crippen molar-refractivity contribution in [1.82, 2.24) is 5.32 Å². The second kappa shape index (κ2) is 31.9. The molecule has 4 atom stereocenters. The summed E-state index contributed by atoms with van der Waals surface area (Å²) < 4.78 is 0. The molecule has 6 nitrogen and oxygen atoms in total. The molecule has 0 saturated carbocycles. The van der Waals surface area contributed by atoms with Crippen LogP contribution in [0.15, 0.2) is 36.5 Å². The summed E-state index contributed by atoms with van der Waals surface area (Å²) in [5.74, 6) is -0.607. The second-order valence-corrected chi connectivity index (χ2v) is 12.2. The summed E-state index contributed by atoms with van der Waals surface area (Å²) in [7, 11) is 0. The number of nitrogens with one attached hydrogen (secondary N) is 1. The number of amides is 1. The van der Waals surface area contributed by atoms with Gasteiger partial charge in [0.1, 0.15) is 12.2 Å². The predicted molar refractivity (Wildman–Crippen MR) is 182 cm³/mol. The van der Waals surface area contributed by atoms with E-state index in [-0.39, 0.29) is 0 Å². The number of hydrogen-bond acceptors (Lipinski definition) is 5. The first-order valence-electron chi connectivity index (χ1n) is 17.9. The van der Waals surface area contributed by atoms with Gasteiger partial charge in [-0.2, -0.15) is 0 Å². The smallest absolute Gasteiger partial charge is 0.249 e. The summed E-state index contributed by atoms with van der Waals surface area (Å²) in [5, 5.41) is 43.3. The zero-order valence-corrected chi connectivity index (χ0v) is 27.9. The maximum Gasteiger partial charge on any atom is 0.249 e. The van der Waals surface area contributed by atoms with E-state index in [1.165, 1.54) is 70.6 Å². The third kappa shape index (κ3) is 26.6. The topological polar surface area (TPSA) is 110 Å². The standard InChI is InChI=1S/C37H69NO5/c1-3-5-7-9-11-13-15-17-19-21-23-25-27-29-31-35(41)37(43)38-33(32-39)36(42)34(40)30-28-26-24-22-20-18-16-14-12-10-8-6-4-2/h13-16,22,24,33-36,39-42H,3-12,17-21,23,25-32H2,1-2H3,(H,38,43)/b15-13-,16-14+,24-22+. The SMILES string of the molecule is CCCCCC/C=C\CCCCCCCCC(O)C(=O)NC(CO)C(O)C(O)CCC/C=C/CC/C=C/CCCCCC. The lowest BCUT2D eigenvalue weighted by Crippen LogP contribution is -2.53. The van der Waals surface area contributed by atoms with Gasteiger partial charge in [0.25, 0.3) is 0 Å². The highest BCUT2D eigenvalue weighted by atomic mass is 16.3. The van der Waals surface area contributed by atoms with Gasteiger partial charge in [-0.25, -0.2) is 0 Å². The van der Waals surface area contributed by atoms with Gasteiger partial charge in [-0.3, -0.25) is 4.79 Å². The van der Waals surface area contributed by atoms with Crippen molar-refractivity contribution in [2.45, 2.75) is 186 Å². The molecule has 0 spiro atoms. The molecule has 0 aliphatic carbocycles. The van der Waals surface area contributed by atoms with E-state index in [0.29, 0.717) is 19.3 Å². The Balaban J connectivity index is 3.93. The number of aliphatic hydroxyl groups is 4. The minimum absolute atomic E-state index is 0.352. The van der Waals surface area contributed by atoms with Crippen LogP contribution in [-0.2, 0) is 4.79 Å². The Labute approximate surface area is 265 Å². The third-order valence-corrected chi connectivity index (χ3v) is 8.05. The summed E-state index contributed by atoms with van der Waals surface area (Å²) in [4.78, 5) is 12.4. The Kier molecular flexibility index (Phi) is 30.8. The van der Waals surface area contributed by atoms with E-state index in [9.17, 15) is 25.2 Å². The minimum atomic E-state index is -1.29. The first kappa shape index (κ1) is 41.5. The average Bonchev–Trinajstić information content (AvgIpc) is 3.01. The zero-order chi connectivity index (χ0) is 31.8. The number of aliphatic hydroxyl groups excluding tert-OH is 4. The van der Waals surface area contributed by atoms with Gasteiger partial charge in [0.15, 0.2) is 0 Å². The van der Waals surface area contributed by atoms with Crippen molar-refractivity contribution in [2.75, 3.05) is 6.61 Å². The summed E-state index contributed by atoms with van der Waals surface area (Å²) in [6.45, 7) is 3.96. The van der Waals surface area contributed by atoms with Crippen LogP contribution in [0.25, 0.3) is 0 Å². The molecule has 4 unspecified atom stereocenters. The van der Waals surface area contributed by atoms with Crippen LogP contribution in [0.1, 0.15) is 162 Å². The van der Waals surface area contributed by atoms with Crippen LogP contribution in [-0.4, -0.2) is 57.3 Å². The largest absolute Gasteiger partial charge is 0.394 e. The first-order chi connectivity index (χ1) is 21.0. The van der Waals surface area contributed by atoms with Crippen molar-refractivity contribution < 1.29 is 25.2 Å². The van der Waals surface area contributed by atoms with Crippen LogP contribution in [0.4, 0.5) is 0 Å². The normalized spacial score (nSPS) is 15.0. The molecule has 1 amide bonds. The summed E-state index contributed by atoms with van der Waals surface area (Å²) in [5.41, 5.74) is 0. The molecule has 5 N–H and O–H groups in total. The van der Waals surface area contributed by atoms with Gasteiger partial charge in [-0.1, -0.05) is 121 Å². The van der Waals surface area contributed by atoms with Crippen LogP contribution in [0, 0.1) is 0 Å². The highest BCUT2D eigenvalue weighted by Gasteiger charge is 2.28. The van der Waals surface area contributed by atoms with E-state index < -0.39 is 36.9 Å². The monoisotopic (exact) mass is 608 g/mol. The molecule has 0 aromatic rings. The molecule has 0 aromatic carbocycles. The summed E-state index contributed by atoms with van der Waals surface area (Å²) >= 11 is 0. The molecular formula is C37H69NO5. The fraction of sp³-hybridized carbons (Fsp3) is 0.811. The number of allylic oxidation sites excluding steroid dienone is 6. The number of hydrogen-bond donors (Lipinski definition) is 5. The molecule has 0 fully saturated rings. The lowest BCUT2D eigenvalue weighted by atomic mass is 10.00. The molecule has 0 radical (unpaired) electrons. The fourth-order valence-electron chi connectivity index (χ4n) is 5.12. The van der Waals surface area contributed by atoms with Gasteiger partial charge in [-0.15, -0.1) is 0 Å². The molecule has 6 heteroatoms. The predicted octanol–water partition coefficient (Wildman–Crippen LogP) is 8.23. The van der Waals surface area contributed by atoms with E-state index in [0.717, 1.165) is 57.8 Å². The van der Waals surface area contributed by atoms with Crippen molar-refractivity contribution in [3.05, 3.63) is 36.5 Å². The quantitative estimate of drug-likeness (QED) is 0.0403. The first-order valence-corrected chi connectivity index (χ1v) is 17.9. The minimum Gasteiger partial charge on any atom is -0.394 e. The number of carbonyl (C=O) groups excluding carboxylic acids is 1. The molecule has 43 heavy (non-hydrogen) atoms. The molecule has 0 heterocycles. The van der Waals surface area contributed by atoms with E-state index in [2.05, 4.69) is 55.6 Å². The molecule has 0 saturated heterocycles. The Bertz CT molecular complexity index is 692. The number of rotatable bonds is 31. The summed E-state index contributed by atoms with van der Waals surface area (Å²) in [6.07, 6.45) is 34.4. The Morgan fingerprint density at radius 1 is 0.558 bits per heavy atom. The van der Waals surface area contributed by atoms with Gasteiger partial charge in [0, 0.05) is 0 Å². The molecule has 0 rings (SSSR count). The molecular weight excluding hydrogens is 538 g/mol. The lowest BCUT2D eigenvalue weighted by Gasteiger charge is -2.27. The lowest BCUT2D eigenvalue weighted by molar-refractivity contribution is -0.132. The zero-order valence-electron chi connectivity index (χ0n) is 27.9. The number of carbonyl (C=O) groups is 1. The van der Waals surface area contributed by atoms with E-state index in [1.54, 1.807) is 0 Å². The van der Waals surface area contributed by atoms with Crippen LogP contribution in [0.2, 0.25) is 0 Å². The molecule has 0 aliphatic rings. The van der Waals surface area contributed by atoms with E-state index in [1.807, 2.05) is 0 Å². The maximum atomic E-state index is 12.4. The maximum absolute atomic E-state index is 12.4. The van der Waals surface area contributed by atoms with E-state index >= 15 is 0 Å². The summed E-state index contributed by atoms with van der Waals surface area (Å²) in [6, 6.07) is -1.01. The Hall–Kier alpha value is -1.47. The van der Waals surface area contributed by atoms with Crippen LogP contribution >= 0.6 is 0 Å². The second-order valence-electron chi connectivity index (χ2n) is 12.2. The van der Waals surface area contributed by atoms with Crippen molar-refractivity contribution in [3.8, 4) is 0 Å². The third-order valence-electron chi connectivity index (χ3n) is 8.05. The van der Waals surface area contributed by atoms with Crippen LogP contribution < -0.4 is 5.32 Å². The van der Waals surface area contributed by atoms with Gasteiger partial charge in [0.05, 0.1) is 18.8 Å². The Morgan fingerprint density at radius 2 is 0.977 bits per heavy atom. The van der Waals surface area contributed by atoms with Crippen LogP contribution in [0.3, 0.4) is 0 Å². The Morgan fingerprint density at radius 3 is 1.47 bits per heavy atom. The van der Waals surface area contributed by atoms with E-state index in [4.69, 9.17) is 0 Å². The van der Waals surface area contributed by atoms with Crippen molar-refractivity contribution in [3.63, 3.8) is 0 Å². The van der Waals surface area contributed by atoms with Crippen LogP contribution in [0.5, 0.6) is 0 Å². The highest BCUT2D eigenvalue weighted by Crippen LogP contribution is 2.13. The molecule has 252 valence electrons. The van der Waals surface area contributed by atoms with Crippen molar-refractivity contribution in [1.29, 1.82) is 0 Å².